The number of carbonyl (C=O) groups is 1. The molecule has 1 aromatic heterocycles. The molecule has 154 valence electrons. The Morgan fingerprint density at radius 3 is 2.79 bits per heavy atom. The summed E-state index contributed by atoms with van der Waals surface area (Å²) in [6.45, 7) is 7.72. The van der Waals surface area contributed by atoms with Crippen LogP contribution in [0.5, 0.6) is 0 Å². The molecule has 1 atom stereocenters. The Hall–Kier alpha value is -2.18. The van der Waals surface area contributed by atoms with Crippen LogP contribution in [0.2, 0.25) is 0 Å². The van der Waals surface area contributed by atoms with Crippen molar-refractivity contribution in [3.8, 4) is 0 Å². The average Bonchev–Trinajstić information content (AvgIpc) is 3.31. The van der Waals surface area contributed by atoms with Gasteiger partial charge in [0.05, 0.1) is 12.2 Å². The molecule has 6 nitrogen and oxygen atoms in total. The zero-order valence-electron chi connectivity index (χ0n) is 17.2. The van der Waals surface area contributed by atoms with Crippen LogP contribution < -0.4 is 5.32 Å². The van der Waals surface area contributed by atoms with Crippen LogP contribution in [0, 0.1) is 6.92 Å². The van der Waals surface area contributed by atoms with Gasteiger partial charge in [0, 0.05) is 30.8 Å². The fourth-order valence-corrected chi connectivity index (χ4v) is 5.15. The molecule has 1 aromatic carbocycles. The Morgan fingerprint density at radius 2 is 2.07 bits per heavy atom. The maximum absolute atomic E-state index is 12.9. The summed E-state index contributed by atoms with van der Waals surface area (Å²) < 4.78 is 5.37. The first-order valence-corrected chi connectivity index (χ1v) is 11.0. The van der Waals surface area contributed by atoms with Gasteiger partial charge in [-0.1, -0.05) is 17.3 Å². The predicted molar refractivity (Wildman–Crippen MR) is 111 cm³/mol. The van der Waals surface area contributed by atoms with E-state index in [2.05, 4.69) is 38.5 Å². The summed E-state index contributed by atoms with van der Waals surface area (Å²) in [4.78, 5) is 17.4. The highest BCUT2D eigenvalue weighted by molar-refractivity contribution is 5.98. The van der Waals surface area contributed by atoms with Gasteiger partial charge in [-0.3, -0.25) is 9.69 Å². The number of nitrogens with one attached hydrogen (secondary N) is 1. The van der Waals surface area contributed by atoms with Gasteiger partial charge in [0.2, 0.25) is 0 Å². The Morgan fingerprint density at radius 1 is 1.21 bits per heavy atom. The third kappa shape index (κ3) is 3.83. The first-order valence-electron chi connectivity index (χ1n) is 11.0. The molecule has 2 fully saturated rings. The van der Waals surface area contributed by atoms with Gasteiger partial charge in [0.25, 0.3) is 5.91 Å². The summed E-state index contributed by atoms with van der Waals surface area (Å²) in [5.74, 6) is 1.75. The highest BCUT2D eigenvalue weighted by Crippen LogP contribution is 2.33. The van der Waals surface area contributed by atoms with Gasteiger partial charge < -0.3 is 14.7 Å². The minimum atomic E-state index is 0.220. The number of amides is 1. The molecule has 0 bridgehead atoms. The van der Waals surface area contributed by atoms with Crippen LogP contribution >= 0.6 is 0 Å². The maximum atomic E-state index is 12.9. The molecule has 4 heterocycles. The summed E-state index contributed by atoms with van der Waals surface area (Å²) >= 11 is 0. The van der Waals surface area contributed by atoms with Crippen molar-refractivity contribution in [2.45, 2.75) is 57.7 Å². The second-order valence-electron chi connectivity index (χ2n) is 8.83. The standard InChI is InChI=1S/C23H30N4O2/c1-16-11-21(29-25-16)15-26-9-6-17(7-10-26)18-4-5-22-19(12-18)14-27(23(22)28)20-3-2-8-24-13-20/h4-5,11-12,17,20,24H,2-3,6-10,13-15H2,1H3. The highest BCUT2D eigenvalue weighted by atomic mass is 16.5. The van der Waals surface area contributed by atoms with Crippen molar-refractivity contribution in [1.82, 2.24) is 20.3 Å². The molecule has 29 heavy (non-hydrogen) atoms. The third-order valence-corrected chi connectivity index (χ3v) is 6.79. The molecule has 3 aliphatic heterocycles. The van der Waals surface area contributed by atoms with Gasteiger partial charge in [-0.2, -0.15) is 0 Å². The van der Waals surface area contributed by atoms with E-state index in [0.29, 0.717) is 12.0 Å². The third-order valence-electron chi connectivity index (χ3n) is 6.79. The van der Waals surface area contributed by atoms with E-state index in [1.165, 1.54) is 11.1 Å². The summed E-state index contributed by atoms with van der Waals surface area (Å²) in [5.41, 5.74) is 4.48. The van der Waals surface area contributed by atoms with E-state index < -0.39 is 0 Å². The molecular formula is C23H30N4O2. The second kappa shape index (κ2) is 7.92. The van der Waals surface area contributed by atoms with Crippen LogP contribution in [0.15, 0.2) is 28.8 Å². The SMILES string of the molecule is Cc1cc(CN2CCC(c3ccc4c(c3)CN(C3CCCNC3)C4=O)CC2)on1. The van der Waals surface area contributed by atoms with Crippen LogP contribution in [0.1, 0.15) is 64.5 Å². The summed E-state index contributed by atoms with van der Waals surface area (Å²) in [6, 6.07) is 8.95. The number of hydrogen-bond donors (Lipinski definition) is 1. The Bertz CT molecular complexity index is 879. The molecule has 0 aliphatic carbocycles. The molecular weight excluding hydrogens is 364 g/mol. The van der Waals surface area contributed by atoms with E-state index in [1.54, 1.807) is 0 Å². The van der Waals surface area contributed by atoms with Crippen LogP contribution in [0.25, 0.3) is 0 Å². The van der Waals surface area contributed by atoms with Crippen molar-refractivity contribution >= 4 is 5.91 Å². The van der Waals surface area contributed by atoms with E-state index >= 15 is 0 Å². The number of piperidine rings is 2. The van der Waals surface area contributed by atoms with Gasteiger partial charge in [-0.05, 0) is 75.4 Å². The van der Waals surface area contributed by atoms with Gasteiger partial charge in [-0.15, -0.1) is 0 Å². The lowest BCUT2D eigenvalue weighted by Crippen LogP contribution is -2.46. The van der Waals surface area contributed by atoms with Crippen molar-refractivity contribution in [2.75, 3.05) is 26.2 Å². The fourth-order valence-electron chi connectivity index (χ4n) is 5.15. The molecule has 0 spiro atoms. The Kier molecular flexibility index (Phi) is 5.14. The lowest BCUT2D eigenvalue weighted by molar-refractivity contribution is 0.0674. The minimum absolute atomic E-state index is 0.220. The monoisotopic (exact) mass is 394 g/mol. The predicted octanol–water partition coefficient (Wildman–Crippen LogP) is 3.07. The molecule has 1 amide bonds. The zero-order chi connectivity index (χ0) is 19.8. The number of aromatic nitrogens is 1. The van der Waals surface area contributed by atoms with Crippen molar-refractivity contribution < 1.29 is 9.32 Å². The lowest BCUT2D eigenvalue weighted by atomic mass is 9.88. The number of rotatable bonds is 4. The molecule has 1 N–H and O–H groups in total. The van der Waals surface area contributed by atoms with Crippen LogP contribution in [0.4, 0.5) is 0 Å². The molecule has 6 heteroatoms. The smallest absolute Gasteiger partial charge is 0.254 e. The number of likely N-dealkylation sites (tertiary alicyclic amines) is 1. The largest absolute Gasteiger partial charge is 0.360 e. The van der Waals surface area contributed by atoms with Crippen molar-refractivity contribution in [2.24, 2.45) is 0 Å². The number of hydrogen-bond acceptors (Lipinski definition) is 5. The first-order chi connectivity index (χ1) is 14.2. The van der Waals surface area contributed by atoms with E-state index in [-0.39, 0.29) is 5.91 Å². The molecule has 3 aliphatic rings. The molecule has 5 rings (SSSR count). The van der Waals surface area contributed by atoms with Crippen LogP contribution in [-0.2, 0) is 13.1 Å². The Balaban J connectivity index is 1.22. The van der Waals surface area contributed by atoms with Gasteiger partial charge in [0.1, 0.15) is 0 Å². The summed E-state index contributed by atoms with van der Waals surface area (Å²) in [6.07, 6.45) is 4.57. The van der Waals surface area contributed by atoms with Crippen molar-refractivity contribution in [3.05, 3.63) is 52.4 Å². The normalized spacial score (nSPS) is 23.6. The molecule has 1 unspecified atom stereocenters. The highest BCUT2D eigenvalue weighted by Gasteiger charge is 2.34. The van der Waals surface area contributed by atoms with Crippen LogP contribution in [0.3, 0.4) is 0 Å². The molecule has 2 saturated heterocycles. The van der Waals surface area contributed by atoms with Crippen molar-refractivity contribution in [3.63, 3.8) is 0 Å². The number of fused-ring (bicyclic) bond motifs is 1. The molecule has 2 aromatic rings. The van der Waals surface area contributed by atoms with E-state index in [0.717, 1.165) is 82.0 Å². The summed E-state index contributed by atoms with van der Waals surface area (Å²) in [5, 5.41) is 7.42. The number of benzene rings is 1. The number of carbonyl (C=O) groups excluding carboxylic acids is 1. The molecule has 0 radical (unpaired) electrons. The first kappa shape index (κ1) is 18.8. The Labute approximate surface area is 172 Å². The fraction of sp³-hybridized carbons (Fsp3) is 0.565. The summed E-state index contributed by atoms with van der Waals surface area (Å²) in [7, 11) is 0. The van der Waals surface area contributed by atoms with E-state index in [4.69, 9.17) is 4.52 Å². The zero-order valence-corrected chi connectivity index (χ0v) is 17.2. The average molecular weight is 395 g/mol. The van der Waals surface area contributed by atoms with Gasteiger partial charge >= 0.3 is 0 Å². The van der Waals surface area contributed by atoms with E-state index in [9.17, 15) is 4.79 Å². The second-order valence-corrected chi connectivity index (χ2v) is 8.83. The quantitative estimate of drug-likeness (QED) is 0.864. The van der Waals surface area contributed by atoms with Gasteiger partial charge in [-0.25, -0.2) is 0 Å². The molecule has 0 saturated carbocycles. The van der Waals surface area contributed by atoms with Gasteiger partial charge in [0.15, 0.2) is 5.76 Å². The van der Waals surface area contributed by atoms with Crippen molar-refractivity contribution in [1.29, 1.82) is 0 Å². The number of aryl methyl sites for hydroxylation is 1. The number of nitrogens with zero attached hydrogens (tertiary/aromatic N) is 3. The maximum Gasteiger partial charge on any atom is 0.254 e. The topological polar surface area (TPSA) is 61.6 Å². The van der Waals surface area contributed by atoms with Crippen LogP contribution in [-0.4, -0.2) is 53.1 Å². The minimum Gasteiger partial charge on any atom is -0.360 e. The lowest BCUT2D eigenvalue weighted by Gasteiger charge is -2.31. The van der Waals surface area contributed by atoms with E-state index in [1.807, 2.05) is 13.0 Å².